The summed E-state index contributed by atoms with van der Waals surface area (Å²) in [5.74, 6) is 2.15. The van der Waals surface area contributed by atoms with E-state index in [4.69, 9.17) is 10.5 Å². The van der Waals surface area contributed by atoms with Gasteiger partial charge < -0.3 is 10.5 Å². The molecule has 0 fully saturated rings. The average molecular weight is 177 g/mol. The molecule has 0 spiro atoms. The molecule has 11 heavy (non-hydrogen) atoms. The van der Waals surface area contributed by atoms with Crippen molar-refractivity contribution < 1.29 is 4.74 Å². The first-order chi connectivity index (χ1) is 5.31. The molecule has 0 aliphatic carbocycles. The van der Waals surface area contributed by atoms with Crippen molar-refractivity contribution in [3.8, 4) is 0 Å². The van der Waals surface area contributed by atoms with Crippen LogP contribution in [0.5, 0.6) is 0 Å². The van der Waals surface area contributed by atoms with Crippen LogP contribution in [0.25, 0.3) is 0 Å². The normalized spacial score (nSPS) is 13.4. The summed E-state index contributed by atoms with van der Waals surface area (Å²) < 4.78 is 5.30. The van der Waals surface area contributed by atoms with Crippen LogP contribution in [0.2, 0.25) is 0 Å². The Morgan fingerprint density at radius 3 is 2.73 bits per heavy atom. The number of hydrogen-bond acceptors (Lipinski definition) is 3. The standard InChI is InChI=1S/C8H19NOS/c1-3-5-10-6-8(9)7-11-4-2/h8H,3-7,9H2,1-2H3. The van der Waals surface area contributed by atoms with E-state index in [-0.39, 0.29) is 6.04 Å². The minimum absolute atomic E-state index is 0.214. The summed E-state index contributed by atoms with van der Waals surface area (Å²) in [6, 6.07) is 0.214. The molecular weight excluding hydrogens is 158 g/mol. The van der Waals surface area contributed by atoms with Crippen molar-refractivity contribution in [2.75, 3.05) is 24.7 Å². The number of hydrogen-bond donors (Lipinski definition) is 1. The summed E-state index contributed by atoms with van der Waals surface area (Å²) in [7, 11) is 0. The van der Waals surface area contributed by atoms with E-state index in [0.717, 1.165) is 24.5 Å². The third-order valence-corrected chi connectivity index (χ3v) is 2.29. The Morgan fingerprint density at radius 1 is 1.45 bits per heavy atom. The number of nitrogens with two attached hydrogens (primary N) is 1. The van der Waals surface area contributed by atoms with Crippen LogP contribution in [-0.4, -0.2) is 30.8 Å². The van der Waals surface area contributed by atoms with Gasteiger partial charge in [-0.1, -0.05) is 13.8 Å². The van der Waals surface area contributed by atoms with Crippen LogP contribution in [0.1, 0.15) is 20.3 Å². The molecule has 0 radical (unpaired) electrons. The van der Waals surface area contributed by atoms with Crippen molar-refractivity contribution in [1.82, 2.24) is 0 Å². The van der Waals surface area contributed by atoms with E-state index in [9.17, 15) is 0 Å². The average Bonchev–Trinajstić information content (AvgIpc) is 2.01. The highest BCUT2D eigenvalue weighted by atomic mass is 32.2. The Bertz CT molecular complexity index is 80.5. The maximum absolute atomic E-state index is 5.75. The van der Waals surface area contributed by atoms with E-state index in [0.29, 0.717) is 6.61 Å². The SMILES string of the molecule is CCCOCC(N)CSCC. The molecule has 0 bridgehead atoms. The second-order valence-corrected chi connectivity index (χ2v) is 3.81. The van der Waals surface area contributed by atoms with Gasteiger partial charge in [-0.25, -0.2) is 0 Å². The molecular formula is C8H19NOS. The zero-order valence-corrected chi connectivity index (χ0v) is 8.32. The minimum atomic E-state index is 0.214. The highest BCUT2D eigenvalue weighted by molar-refractivity contribution is 7.99. The van der Waals surface area contributed by atoms with Crippen molar-refractivity contribution in [3.63, 3.8) is 0 Å². The topological polar surface area (TPSA) is 35.2 Å². The smallest absolute Gasteiger partial charge is 0.0625 e. The van der Waals surface area contributed by atoms with Gasteiger partial charge in [0.05, 0.1) is 6.61 Å². The lowest BCUT2D eigenvalue weighted by atomic mass is 10.4. The van der Waals surface area contributed by atoms with Crippen LogP contribution in [0.15, 0.2) is 0 Å². The van der Waals surface area contributed by atoms with Gasteiger partial charge in [-0.3, -0.25) is 0 Å². The second kappa shape index (κ2) is 8.37. The minimum Gasteiger partial charge on any atom is -0.380 e. The Balaban J connectivity index is 3.02. The lowest BCUT2D eigenvalue weighted by molar-refractivity contribution is 0.126. The van der Waals surface area contributed by atoms with Gasteiger partial charge in [-0.2, -0.15) is 11.8 Å². The molecule has 0 heterocycles. The summed E-state index contributed by atoms with van der Waals surface area (Å²) in [5, 5.41) is 0. The first-order valence-corrected chi connectivity index (χ1v) is 5.37. The molecule has 0 saturated carbocycles. The molecule has 0 saturated heterocycles. The summed E-state index contributed by atoms with van der Waals surface area (Å²) in [6.45, 7) is 5.79. The molecule has 0 aromatic rings. The summed E-state index contributed by atoms with van der Waals surface area (Å²) in [6.07, 6.45) is 1.08. The monoisotopic (exact) mass is 177 g/mol. The van der Waals surface area contributed by atoms with Gasteiger partial charge in [0.15, 0.2) is 0 Å². The van der Waals surface area contributed by atoms with Crippen molar-refractivity contribution in [2.24, 2.45) is 5.73 Å². The van der Waals surface area contributed by atoms with Gasteiger partial charge >= 0.3 is 0 Å². The fraction of sp³-hybridized carbons (Fsp3) is 1.00. The summed E-state index contributed by atoms with van der Waals surface area (Å²) in [4.78, 5) is 0. The molecule has 2 nitrogen and oxygen atoms in total. The molecule has 0 aromatic heterocycles. The van der Waals surface area contributed by atoms with E-state index in [1.165, 1.54) is 0 Å². The Hall–Kier alpha value is 0.270. The summed E-state index contributed by atoms with van der Waals surface area (Å²) in [5.41, 5.74) is 5.75. The third kappa shape index (κ3) is 8.17. The highest BCUT2D eigenvalue weighted by Gasteiger charge is 2.00. The van der Waals surface area contributed by atoms with Gasteiger partial charge in [0.1, 0.15) is 0 Å². The fourth-order valence-corrected chi connectivity index (χ4v) is 1.33. The summed E-state index contributed by atoms with van der Waals surface area (Å²) >= 11 is 1.87. The largest absolute Gasteiger partial charge is 0.380 e. The Morgan fingerprint density at radius 2 is 2.18 bits per heavy atom. The molecule has 68 valence electrons. The second-order valence-electron chi connectivity index (χ2n) is 2.49. The Labute approximate surface area is 73.9 Å². The van der Waals surface area contributed by atoms with Crippen LogP contribution < -0.4 is 5.73 Å². The predicted octanol–water partition coefficient (Wildman–Crippen LogP) is 1.49. The molecule has 0 aliphatic rings. The fourth-order valence-electron chi connectivity index (χ4n) is 0.696. The molecule has 0 aromatic carbocycles. The molecule has 1 unspecified atom stereocenters. The van der Waals surface area contributed by atoms with Crippen molar-refractivity contribution in [2.45, 2.75) is 26.3 Å². The van der Waals surface area contributed by atoms with Crippen LogP contribution >= 0.6 is 11.8 Å². The van der Waals surface area contributed by atoms with Gasteiger partial charge in [0.25, 0.3) is 0 Å². The lowest BCUT2D eigenvalue weighted by Gasteiger charge is -2.10. The third-order valence-electron chi connectivity index (χ3n) is 1.22. The van der Waals surface area contributed by atoms with E-state index >= 15 is 0 Å². The predicted molar refractivity (Wildman–Crippen MR) is 52.1 cm³/mol. The van der Waals surface area contributed by atoms with Crippen LogP contribution in [0, 0.1) is 0 Å². The van der Waals surface area contributed by atoms with E-state index < -0.39 is 0 Å². The maximum Gasteiger partial charge on any atom is 0.0625 e. The molecule has 1 atom stereocenters. The van der Waals surface area contributed by atoms with Gasteiger partial charge in [0.2, 0.25) is 0 Å². The van der Waals surface area contributed by atoms with Crippen molar-refractivity contribution in [3.05, 3.63) is 0 Å². The molecule has 0 amide bonds. The zero-order chi connectivity index (χ0) is 8.53. The van der Waals surface area contributed by atoms with E-state index in [1.54, 1.807) is 0 Å². The first kappa shape index (κ1) is 11.3. The number of ether oxygens (including phenoxy) is 1. The molecule has 2 N–H and O–H groups in total. The molecule has 0 aliphatic heterocycles. The lowest BCUT2D eigenvalue weighted by Crippen LogP contribution is -2.29. The van der Waals surface area contributed by atoms with Gasteiger partial charge in [-0.05, 0) is 12.2 Å². The quantitative estimate of drug-likeness (QED) is 0.598. The van der Waals surface area contributed by atoms with Gasteiger partial charge in [0, 0.05) is 18.4 Å². The molecule has 0 rings (SSSR count). The number of thioether (sulfide) groups is 1. The van der Waals surface area contributed by atoms with E-state index in [1.807, 2.05) is 11.8 Å². The molecule has 3 heteroatoms. The Kier molecular flexibility index (Phi) is 8.57. The van der Waals surface area contributed by atoms with E-state index in [2.05, 4.69) is 13.8 Å². The number of rotatable bonds is 7. The zero-order valence-electron chi connectivity index (χ0n) is 7.51. The van der Waals surface area contributed by atoms with Crippen LogP contribution in [0.3, 0.4) is 0 Å². The highest BCUT2D eigenvalue weighted by Crippen LogP contribution is 2.00. The van der Waals surface area contributed by atoms with Crippen LogP contribution in [-0.2, 0) is 4.74 Å². The van der Waals surface area contributed by atoms with Gasteiger partial charge in [-0.15, -0.1) is 0 Å². The van der Waals surface area contributed by atoms with Crippen LogP contribution in [0.4, 0.5) is 0 Å². The maximum atomic E-state index is 5.75. The first-order valence-electron chi connectivity index (χ1n) is 4.22. The van der Waals surface area contributed by atoms with Crippen molar-refractivity contribution >= 4 is 11.8 Å². The van der Waals surface area contributed by atoms with Crippen molar-refractivity contribution in [1.29, 1.82) is 0 Å².